The van der Waals surface area contributed by atoms with Gasteiger partial charge in [0.15, 0.2) is 0 Å². The molecule has 0 saturated heterocycles. The molecule has 5 heteroatoms. The second-order valence-electron chi connectivity index (χ2n) is 4.07. The van der Waals surface area contributed by atoms with Crippen molar-refractivity contribution in [2.45, 2.75) is 19.5 Å². The number of imidazole rings is 1. The topological polar surface area (TPSA) is 72.9 Å². The maximum absolute atomic E-state index is 11.6. The van der Waals surface area contributed by atoms with E-state index in [2.05, 4.69) is 10.3 Å². The third kappa shape index (κ3) is 3.62. The molecule has 0 bridgehead atoms. The number of nitrogen functional groups attached to an aromatic ring is 1. The van der Waals surface area contributed by atoms with Crippen molar-refractivity contribution < 1.29 is 4.79 Å². The summed E-state index contributed by atoms with van der Waals surface area (Å²) in [4.78, 5) is 15.5. The van der Waals surface area contributed by atoms with Gasteiger partial charge in [0.2, 0.25) is 5.91 Å². The Morgan fingerprint density at radius 1 is 1.33 bits per heavy atom. The minimum atomic E-state index is 0.0283. The number of carbonyl (C=O) groups excluding carboxylic acids is 1. The van der Waals surface area contributed by atoms with Crippen LogP contribution in [0.5, 0.6) is 0 Å². The largest absolute Gasteiger partial charge is 0.399 e. The van der Waals surface area contributed by atoms with E-state index >= 15 is 0 Å². The van der Waals surface area contributed by atoms with Crippen LogP contribution in [0.25, 0.3) is 0 Å². The van der Waals surface area contributed by atoms with E-state index in [0.29, 0.717) is 19.5 Å². The lowest BCUT2D eigenvalue weighted by Gasteiger charge is -2.06. The first-order chi connectivity index (χ1) is 8.74. The van der Waals surface area contributed by atoms with Gasteiger partial charge in [-0.1, -0.05) is 12.1 Å². The molecule has 18 heavy (non-hydrogen) atoms. The van der Waals surface area contributed by atoms with Gasteiger partial charge in [-0.3, -0.25) is 4.79 Å². The van der Waals surface area contributed by atoms with Crippen LogP contribution < -0.4 is 11.1 Å². The van der Waals surface area contributed by atoms with Crippen LogP contribution in [0.15, 0.2) is 43.0 Å². The molecule has 1 heterocycles. The second kappa shape index (κ2) is 5.86. The van der Waals surface area contributed by atoms with Crippen LogP contribution in [0.1, 0.15) is 12.0 Å². The number of anilines is 1. The molecule has 1 aromatic carbocycles. The van der Waals surface area contributed by atoms with Crippen molar-refractivity contribution in [1.29, 1.82) is 0 Å². The molecule has 0 saturated carbocycles. The summed E-state index contributed by atoms with van der Waals surface area (Å²) in [5.41, 5.74) is 7.36. The van der Waals surface area contributed by atoms with Crippen LogP contribution in [0.2, 0.25) is 0 Å². The number of amides is 1. The Kier molecular flexibility index (Phi) is 3.96. The van der Waals surface area contributed by atoms with Crippen molar-refractivity contribution in [3.05, 3.63) is 48.5 Å². The number of nitrogens with one attached hydrogen (secondary N) is 1. The first-order valence-electron chi connectivity index (χ1n) is 5.81. The number of aromatic nitrogens is 2. The molecule has 5 nitrogen and oxygen atoms in total. The van der Waals surface area contributed by atoms with Crippen LogP contribution >= 0.6 is 0 Å². The van der Waals surface area contributed by atoms with Gasteiger partial charge in [-0.15, -0.1) is 0 Å². The number of hydrogen-bond acceptors (Lipinski definition) is 3. The van der Waals surface area contributed by atoms with Crippen molar-refractivity contribution in [1.82, 2.24) is 14.9 Å². The van der Waals surface area contributed by atoms with Crippen LogP contribution in [0, 0.1) is 0 Å². The van der Waals surface area contributed by atoms with Gasteiger partial charge in [0.1, 0.15) is 0 Å². The van der Waals surface area contributed by atoms with Crippen LogP contribution in [0.3, 0.4) is 0 Å². The molecule has 2 aromatic rings. The highest BCUT2D eigenvalue weighted by atomic mass is 16.1. The van der Waals surface area contributed by atoms with Crippen molar-refractivity contribution in [3.8, 4) is 0 Å². The summed E-state index contributed by atoms with van der Waals surface area (Å²) in [5, 5.41) is 2.87. The van der Waals surface area contributed by atoms with E-state index in [9.17, 15) is 4.79 Å². The SMILES string of the molecule is Nc1ccc(CNC(=O)CCn2ccnc2)cc1. The molecule has 0 unspecified atom stereocenters. The van der Waals surface area contributed by atoms with Gasteiger partial charge in [-0.25, -0.2) is 4.98 Å². The van der Waals surface area contributed by atoms with Gasteiger partial charge in [-0.05, 0) is 17.7 Å². The minimum Gasteiger partial charge on any atom is -0.399 e. The van der Waals surface area contributed by atoms with E-state index in [1.165, 1.54) is 0 Å². The summed E-state index contributed by atoms with van der Waals surface area (Å²) in [6, 6.07) is 7.47. The van der Waals surface area contributed by atoms with Gasteiger partial charge in [0.05, 0.1) is 6.33 Å². The Labute approximate surface area is 106 Å². The zero-order valence-corrected chi connectivity index (χ0v) is 10.0. The van der Waals surface area contributed by atoms with Crippen LogP contribution in [-0.2, 0) is 17.9 Å². The van der Waals surface area contributed by atoms with Gasteiger partial charge in [-0.2, -0.15) is 0 Å². The third-order valence-electron chi connectivity index (χ3n) is 2.63. The number of hydrogen-bond donors (Lipinski definition) is 2. The zero-order valence-electron chi connectivity index (χ0n) is 10.0. The number of nitrogens with zero attached hydrogens (tertiary/aromatic N) is 2. The first kappa shape index (κ1) is 12.2. The van der Waals surface area contributed by atoms with E-state index in [0.717, 1.165) is 11.3 Å². The molecular formula is C13H16N4O. The van der Waals surface area contributed by atoms with Crippen LogP contribution in [0.4, 0.5) is 5.69 Å². The fourth-order valence-corrected chi connectivity index (χ4v) is 1.57. The Balaban J connectivity index is 1.73. The average molecular weight is 244 g/mol. The molecule has 0 aliphatic carbocycles. The highest BCUT2D eigenvalue weighted by Gasteiger charge is 2.01. The molecule has 0 aliphatic rings. The summed E-state index contributed by atoms with van der Waals surface area (Å²) in [7, 11) is 0. The van der Waals surface area contributed by atoms with Gasteiger partial charge in [0.25, 0.3) is 0 Å². The molecule has 1 amide bonds. The summed E-state index contributed by atoms with van der Waals surface area (Å²) < 4.78 is 1.88. The average Bonchev–Trinajstić information content (AvgIpc) is 2.89. The first-order valence-corrected chi connectivity index (χ1v) is 5.81. The summed E-state index contributed by atoms with van der Waals surface area (Å²) in [5.74, 6) is 0.0283. The minimum absolute atomic E-state index is 0.0283. The predicted octanol–water partition coefficient (Wildman–Crippen LogP) is 1.17. The number of carbonyl (C=O) groups is 1. The number of rotatable bonds is 5. The smallest absolute Gasteiger partial charge is 0.222 e. The summed E-state index contributed by atoms with van der Waals surface area (Å²) >= 11 is 0. The zero-order chi connectivity index (χ0) is 12.8. The highest BCUT2D eigenvalue weighted by molar-refractivity contribution is 5.75. The molecule has 94 valence electrons. The van der Waals surface area contributed by atoms with E-state index < -0.39 is 0 Å². The van der Waals surface area contributed by atoms with E-state index in [4.69, 9.17) is 5.73 Å². The van der Waals surface area contributed by atoms with E-state index in [-0.39, 0.29) is 5.91 Å². The highest BCUT2D eigenvalue weighted by Crippen LogP contribution is 2.04. The maximum atomic E-state index is 11.6. The quantitative estimate of drug-likeness (QED) is 0.775. The van der Waals surface area contributed by atoms with E-state index in [1.54, 1.807) is 12.5 Å². The van der Waals surface area contributed by atoms with Crippen LogP contribution in [-0.4, -0.2) is 15.5 Å². The number of aryl methyl sites for hydroxylation is 1. The van der Waals surface area contributed by atoms with Crippen molar-refractivity contribution in [2.24, 2.45) is 0 Å². The molecule has 0 radical (unpaired) electrons. The van der Waals surface area contributed by atoms with Gasteiger partial charge in [0, 0.05) is 37.6 Å². The lowest BCUT2D eigenvalue weighted by molar-refractivity contribution is -0.121. The molecule has 0 fully saturated rings. The van der Waals surface area contributed by atoms with Gasteiger partial charge < -0.3 is 15.6 Å². The summed E-state index contributed by atoms with van der Waals surface area (Å²) in [6.07, 6.45) is 5.69. The molecule has 1 aromatic heterocycles. The fraction of sp³-hybridized carbons (Fsp3) is 0.231. The maximum Gasteiger partial charge on any atom is 0.222 e. The molecule has 0 aliphatic heterocycles. The van der Waals surface area contributed by atoms with Crippen molar-refractivity contribution >= 4 is 11.6 Å². The Hall–Kier alpha value is -2.30. The van der Waals surface area contributed by atoms with Crippen molar-refractivity contribution in [3.63, 3.8) is 0 Å². The lowest BCUT2D eigenvalue weighted by atomic mass is 10.2. The summed E-state index contributed by atoms with van der Waals surface area (Å²) in [6.45, 7) is 1.18. The van der Waals surface area contributed by atoms with Gasteiger partial charge >= 0.3 is 0 Å². The Bertz CT molecular complexity index is 490. The Morgan fingerprint density at radius 3 is 2.78 bits per heavy atom. The predicted molar refractivity (Wildman–Crippen MR) is 69.5 cm³/mol. The third-order valence-corrected chi connectivity index (χ3v) is 2.63. The Morgan fingerprint density at radius 2 is 2.11 bits per heavy atom. The van der Waals surface area contributed by atoms with E-state index in [1.807, 2.05) is 35.0 Å². The molecule has 2 rings (SSSR count). The monoisotopic (exact) mass is 244 g/mol. The molecule has 0 spiro atoms. The van der Waals surface area contributed by atoms with Crippen molar-refractivity contribution in [2.75, 3.05) is 5.73 Å². The standard InChI is InChI=1S/C13H16N4O/c14-12-3-1-11(2-4-12)9-16-13(18)5-7-17-8-6-15-10-17/h1-4,6,8,10H,5,7,9,14H2,(H,16,18). The fourth-order valence-electron chi connectivity index (χ4n) is 1.57. The molecular weight excluding hydrogens is 228 g/mol. The second-order valence-corrected chi connectivity index (χ2v) is 4.07. The number of benzene rings is 1. The lowest BCUT2D eigenvalue weighted by Crippen LogP contribution is -2.23. The normalized spacial score (nSPS) is 10.2. The number of nitrogens with two attached hydrogens (primary N) is 1. The molecule has 0 atom stereocenters. The molecule has 3 N–H and O–H groups in total.